The summed E-state index contributed by atoms with van der Waals surface area (Å²) in [7, 11) is -4.82. The van der Waals surface area contributed by atoms with E-state index in [9.17, 15) is 28.6 Å². The number of nitrogens with one attached hydrogen (secondary N) is 1. The van der Waals surface area contributed by atoms with Crippen molar-refractivity contribution < 1.29 is 81.8 Å². The van der Waals surface area contributed by atoms with Crippen molar-refractivity contribution in [2.75, 3.05) is 26.4 Å². The van der Waals surface area contributed by atoms with Gasteiger partial charge in [-0.2, -0.15) is 0 Å². The standard InChI is InChI=1S/C53H98NO11P.Na/c1-3-5-7-9-11-13-15-17-19-21-23-25-31-35-39-43-52(58)62-47-49(65-53(59)44-40-36-32-26-24-22-20-18-16-14-12-10-8-6-4-2)48-64-66(60,61)63-46-45-54-50(55)41-37-33-29-27-28-30-34-38-42-51(56)57;/h17-20,49H,3-16,21-48H2,1-2H3,(H,54,55)(H,56,57)(H,60,61);/q;+1/p-1/b19-17+,20-18+;. The molecule has 0 aromatic carbocycles. The molecule has 0 saturated carbocycles. The molecule has 0 bridgehead atoms. The number of amides is 1. The first-order valence-electron chi connectivity index (χ1n) is 26.8. The van der Waals surface area contributed by atoms with E-state index in [-0.39, 0.29) is 74.5 Å². The Morgan fingerprint density at radius 3 is 1.31 bits per heavy atom. The van der Waals surface area contributed by atoms with E-state index in [1.807, 2.05) is 0 Å². The Hall–Kier alpha value is -1.53. The zero-order valence-electron chi connectivity index (χ0n) is 43.1. The number of phosphoric ester groups is 1. The zero-order valence-corrected chi connectivity index (χ0v) is 46.0. The number of unbranched alkanes of at least 4 members (excludes halogenated alkanes) is 29. The van der Waals surface area contributed by atoms with Gasteiger partial charge in [0.2, 0.25) is 5.91 Å². The van der Waals surface area contributed by atoms with E-state index in [0.717, 1.165) is 116 Å². The van der Waals surface area contributed by atoms with Gasteiger partial charge >= 0.3 is 47.5 Å². The molecular weight excluding hydrogens is 881 g/mol. The maximum absolute atomic E-state index is 12.8. The summed E-state index contributed by atoms with van der Waals surface area (Å²) in [5.74, 6) is -1.90. The predicted molar refractivity (Wildman–Crippen MR) is 266 cm³/mol. The van der Waals surface area contributed by atoms with Gasteiger partial charge in [0, 0.05) is 32.2 Å². The van der Waals surface area contributed by atoms with Crippen molar-refractivity contribution in [1.29, 1.82) is 0 Å². The van der Waals surface area contributed by atoms with E-state index in [1.165, 1.54) is 77.0 Å². The molecule has 2 unspecified atom stereocenters. The molecule has 0 heterocycles. The van der Waals surface area contributed by atoms with E-state index in [2.05, 4.69) is 43.5 Å². The molecule has 0 aliphatic rings. The summed E-state index contributed by atoms with van der Waals surface area (Å²) < 4.78 is 33.5. The van der Waals surface area contributed by atoms with Crippen LogP contribution in [0.25, 0.3) is 0 Å². The van der Waals surface area contributed by atoms with Crippen LogP contribution in [-0.4, -0.2) is 61.4 Å². The molecule has 0 spiro atoms. The van der Waals surface area contributed by atoms with Gasteiger partial charge < -0.3 is 33.8 Å². The Morgan fingerprint density at radius 1 is 0.507 bits per heavy atom. The van der Waals surface area contributed by atoms with Gasteiger partial charge in [-0.15, -0.1) is 0 Å². The van der Waals surface area contributed by atoms with Crippen molar-refractivity contribution in [3.63, 3.8) is 0 Å². The van der Waals surface area contributed by atoms with Crippen LogP contribution in [0.4, 0.5) is 0 Å². The fraction of sp³-hybridized carbons (Fsp3) is 0.849. The van der Waals surface area contributed by atoms with Crippen LogP contribution >= 0.6 is 7.82 Å². The van der Waals surface area contributed by atoms with Crippen molar-refractivity contribution in [2.24, 2.45) is 0 Å². The van der Waals surface area contributed by atoms with E-state index in [1.54, 1.807) is 0 Å². The molecule has 0 aliphatic heterocycles. The maximum atomic E-state index is 12.8. The third-order valence-electron chi connectivity index (χ3n) is 11.7. The third kappa shape index (κ3) is 53.7. The number of ether oxygens (including phenoxy) is 2. The van der Waals surface area contributed by atoms with E-state index in [0.29, 0.717) is 32.1 Å². The Morgan fingerprint density at radius 2 is 0.881 bits per heavy atom. The molecule has 0 fully saturated rings. The molecule has 0 saturated heterocycles. The minimum Gasteiger partial charge on any atom is -0.756 e. The Balaban J connectivity index is 0. The molecule has 0 aliphatic carbocycles. The van der Waals surface area contributed by atoms with Crippen LogP contribution in [0.5, 0.6) is 0 Å². The van der Waals surface area contributed by atoms with E-state index in [4.69, 9.17) is 23.6 Å². The summed E-state index contributed by atoms with van der Waals surface area (Å²) in [4.78, 5) is 60.7. The number of rotatable bonds is 51. The van der Waals surface area contributed by atoms with Gasteiger partial charge in [0.25, 0.3) is 7.82 Å². The molecule has 2 atom stereocenters. The molecule has 0 aromatic heterocycles. The minimum atomic E-state index is -4.82. The molecular formula is C53H97NNaO11P. The fourth-order valence-electron chi connectivity index (χ4n) is 7.57. The van der Waals surface area contributed by atoms with Gasteiger partial charge in [0.15, 0.2) is 6.10 Å². The molecule has 0 radical (unpaired) electrons. The first kappa shape index (κ1) is 67.5. The summed E-state index contributed by atoms with van der Waals surface area (Å²) in [6.07, 6.45) is 46.1. The van der Waals surface area contributed by atoms with Crippen LogP contribution in [0, 0.1) is 0 Å². The van der Waals surface area contributed by atoms with Gasteiger partial charge in [-0.3, -0.25) is 23.7 Å². The number of carbonyl (C=O) groups excluding carboxylic acids is 3. The van der Waals surface area contributed by atoms with Crippen molar-refractivity contribution >= 4 is 31.6 Å². The second kappa shape index (κ2) is 52.3. The first-order chi connectivity index (χ1) is 32.1. The monoisotopic (exact) mass is 978 g/mol. The number of aliphatic carboxylic acids is 1. The Labute approximate surface area is 431 Å². The molecule has 1 amide bonds. The minimum absolute atomic E-state index is 0. The molecule has 2 N–H and O–H groups in total. The average molecular weight is 978 g/mol. The van der Waals surface area contributed by atoms with Crippen molar-refractivity contribution in [3.8, 4) is 0 Å². The third-order valence-corrected chi connectivity index (χ3v) is 12.6. The van der Waals surface area contributed by atoms with Crippen LogP contribution in [0.1, 0.15) is 258 Å². The Bertz CT molecular complexity index is 1270. The number of carboxylic acid groups (broad SMARTS) is 1. The summed E-state index contributed by atoms with van der Waals surface area (Å²) in [5.41, 5.74) is 0. The van der Waals surface area contributed by atoms with Gasteiger partial charge in [0.05, 0.1) is 13.2 Å². The summed E-state index contributed by atoms with van der Waals surface area (Å²) in [6.45, 7) is 3.25. The number of allylic oxidation sites excluding steroid dienone is 4. The quantitative estimate of drug-likeness (QED) is 0.0195. The molecule has 14 heteroatoms. The number of carboxylic acids is 1. The number of carbonyl (C=O) groups is 4. The van der Waals surface area contributed by atoms with Crippen LogP contribution in [0.15, 0.2) is 24.3 Å². The normalized spacial score (nSPS) is 12.8. The Kier molecular flexibility index (Phi) is 52.7. The summed E-state index contributed by atoms with van der Waals surface area (Å²) in [5, 5.41) is 11.4. The predicted octanol–water partition coefficient (Wildman–Crippen LogP) is 11.1. The number of esters is 2. The maximum Gasteiger partial charge on any atom is 1.00 e. The summed E-state index contributed by atoms with van der Waals surface area (Å²) in [6, 6.07) is 0. The van der Waals surface area contributed by atoms with Crippen molar-refractivity contribution in [1.82, 2.24) is 5.32 Å². The SMILES string of the molecule is CCCCCCCC/C=C/CCCCCCCC(=O)OCC(COP(=O)([O-])OCCNC(=O)CCCCCCCCCCC(=O)O)OC(=O)CCCCCCC/C=C/CCCCCCCC.[Na+]. The first-order valence-corrected chi connectivity index (χ1v) is 28.3. The number of hydrogen-bond donors (Lipinski definition) is 2. The van der Waals surface area contributed by atoms with Crippen LogP contribution in [0.3, 0.4) is 0 Å². The average Bonchev–Trinajstić information content (AvgIpc) is 3.29. The summed E-state index contributed by atoms with van der Waals surface area (Å²) >= 11 is 0. The van der Waals surface area contributed by atoms with Gasteiger partial charge in [0.1, 0.15) is 6.61 Å². The van der Waals surface area contributed by atoms with Crippen LogP contribution in [-0.2, 0) is 42.3 Å². The molecule has 67 heavy (non-hydrogen) atoms. The van der Waals surface area contributed by atoms with Gasteiger partial charge in [-0.25, -0.2) is 0 Å². The van der Waals surface area contributed by atoms with Crippen molar-refractivity contribution in [3.05, 3.63) is 24.3 Å². The van der Waals surface area contributed by atoms with Gasteiger partial charge in [-0.05, 0) is 77.0 Å². The van der Waals surface area contributed by atoms with Crippen molar-refractivity contribution in [2.45, 2.75) is 264 Å². The van der Waals surface area contributed by atoms with Crippen LogP contribution < -0.4 is 39.8 Å². The topological polar surface area (TPSA) is 178 Å². The molecule has 386 valence electrons. The number of phosphoric acid groups is 1. The largest absolute Gasteiger partial charge is 1.00 e. The van der Waals surface area contributed by atoms with Crippen LogP contribution in [0.2, 0.25) is 0 Å². The zero-order chi connectivity index (χ0) is 48.4. The number of hydrogen-bond acceptors (Lipinski definition) is 10. The van der Waals surface area contributed by atoms with E-state index >= 15 is 0 Å². The smallest absolute Gasteiger partial charge is 0.756 e. The molecule has 0 rings (SSSR count). The molecule has 12 nitrogen and oxygen atoms in total. The second-order valence-electron chi connectivity index (χ2n) is 18.1. The van der Waals surface area contributed by atoms with Gasteiger partial charge in [-0.1, -0.05) is 179 Å². The fourth-order valence-corrected chi connectivity index (χ4v) is 8.31. The van der Waals surface area contributed by atoms with E-state index < -0.39 is 38.4 Å². The second-order valence-corrected chi connectivity index (χ2v) is 19.5. The molecule has 0 aromatic rings.